The quantitative estimate of drug-likeness (QED) is 0.504. The molecule has 0 amide bonds. The third-order valence-electron chi connectivity index (χ3n) is 2.93. The van der Waals surface area contributed by atoms with Gasteiger partial charge in [0.1, 0.15) is 5.84 Å². The van der Waals surface area contributed by atoms with Crippen LogP contribution in [0.25, 0.3) is 0 Å². The van der Waals surface area contributed by atoms with Gasteiger partial charge in [-0.15, -0.1) is 0 Å². The summed E-state index contributed by atoms with van der Waals surface area (Å²) < 4.78 is 0. The number of rotatable bonds is 6. The molecule has 1 rings (SSSR count). The van der Waals surface area contributed by atoms with E-state index in [1.165, 1.54) is 19.3 Å². The largest absolute Gasteiger partial charge is 0.386 e. The predicted octanol–water partition coefficient (Wildman–Crippen LogP) is 1.82. The molecule has 0 bridgehead atoms. The average Bonchev–Trinajstić information content (AvgIpc) is 2.87. The van der Waals surface area contributed by atoms with Crippen molar-refractivity contribution in [3.8, 4) is 0 Å². The molecule has 1 atom stereocenters. The number of hydrogen-bond donors (Lipinski definition) is 2. The van der Waals surface area contributed by atoms with Gasteiger partial charge in [0.25, 0.3) is 0 Å². The van der Waals surface area contributed by atoms with Crippen molar-refractivity contribution in [2.75, 3.05) is 6.54 Å². The first-order valence-electron chi connectivity index (χ1n) is 5.62. The normalized spacial score (nSPS) is 18.9. The Morgan fingerprint density at radius 3 is 2.36 bits per heavy atom. The molecule has 3 nitrogen and oxygen atoms in total. The van der Waals surface area contributed by atoms with Crippen LogP contribution in [0.4, 0.5) is 0 Å². The lowest BCUT2D eigenvalue weighted by Crippen LogP contribution is -2.44. The molecule has 82 valence electrons. The molecule has 1 saturated carbocycles. The van der Waals surface area contributed by atoms with Crippen molar-refractivity contribution in [2.24, 2.45) is 11.7 Å². The van der Waals surface area contributed by atoms with Crippen molar-refractivity contribution in [3.63, 3.8) is 0 Å². The minimum atomic E-state index is 0.126. The fourth-order valence-electron chi connectivity index (χ4n) is 1.68. The Morgan fingerprint density at radius 2 is 2.00 bits per heavy atom. The Kier molecular flexibility index (Phi) is 3.93. The molecule has 1 fully saturated rings. The lowest BCUT2D eigenvalue weighted by atomic mass is 10.1. The topological polar surface area (TPSA) is 53.1 Å². The molecule has 0 spiro atoms. The second-order valence-corrected chi connectivity index (χ2v) is 4.78. The van der Waals surface area contributed by atoms with Gasteiger partial charge in [0.2, 0.25) is 0 Å². The van der Waals surface area contributed by atoms with E-state index in [0.717, 1.165) is 12.5 Å². The molecule has 0 radical (unpaired) electrons. The molecular formula is C11H23N3. The summed E-state index contributed by atoms with van der Waals surface area (Å²) >= 11 is 0. The van der Waals surface area contributed by atoms with Crippen LogP contribution in [0, 0.1) is 11.3 Å². The second kappa shape index (κ2) is 4.78. The van der Waals surface area contributed by atoms with Crippen LogP contribution < -0.4 is 5.73 Å². The predicted molar refractivity (Wildman–Crippen MR) is 60.6 cm³/mol. The lowest BCUT2D eigenvalue weighted by molar-refractivity contribution is 0.227. The summed E-state index contributed by atoms with van der Waals surface area (Å²) in [7, 11) is 0. The Balaban J connectivity index is 2.42. The van der Waals surface area contributed by atoms with Crippen LogP contribution in [0.5, 0.6) is 0 Å². The molecule has 1 aliphatic rings. The van der Waals surface area contributed by atoms with Crippen LogP contribution in [0.1, 0.15) is 40.0 Å². The third kappa shape index (κ3) is 3.29. The average molecular weight is 197 g/mol. The van der Waals surface area contributed by atoms with E-state index >= 15 is 0 Å². The van der Waals surface area contributed by atoms with E-state index in [4.69, 9.17) is 11.1 Å². The Labute approximate surface area is 87.2 Å². The number of hydrogen-bond acceptors (Lipinski definition) is 2. The molecule has 1 aliphatic carbocycles. The van der Waals surface area contributed by atoms with Gasteiger partial charge in [0.15, 0.2) is 0 Å². The highest BCUT2D eigenvalue weighted by atomic mass is 15.2. The molecule has 0 saturated heterocycles. The van der Waals surface area contributed by atoms with Crippen LogP contribution in [0.3, 0.4) is 0 Å². The fourth-order valence-corrected chi connectivity index (χ4v) is 1.68. The number of nitrogens with two attached hydrogens (primary N) is 1. The molecule has 1 unspecified atom stereocenters. The zero-order valence-corrected chi connectivity index (χ0v) is 9.59. The van der Waals surface area contributed by atoms with Crippen molar-refractivity contribution in [1.82, 2.24) is 4.90 Å². The zero-order chi connectivity index (χ0) is 10.7. The van der Waals surface area contributed by atoms with Gasteiger partial charge in [-0.25, -0.2) is 0 Å². The van der Waals surface area contributed by atoms with E-state index < -0.39 is 0 Å². The van der Waals surface area contributed by atoms with Crippen molar-refractivity contribution in [1.29, 1.82) is 5.41 Å². The maximum absolute atomic E-state index is 7.47. The summed E-state index contributed by atoms with van der Waals surface area (Å²) in [5, 5.41) is 7.47. The minimum absolute atomic E-state index is 0.126. The molecule has 14 heavy (non-hydrogen) atoms. The molecule has 3 heteroatoms. The fraction of sp³-hybridized carbons (Fsp3) is 0.909. The van der Waals surface area contributed by atoms with E-state index in [1.54, 1.807) is 0 Å². The van der Waals surface area contributed by atoms with Crippen LogP contribution in [0.2, 0.25) is 0 Å². The van der Waals surface area contributed by atoms with Crippen molar-refractivity contribution < 1.29 is 0 Å². The van der Waals surface area contributed by atoms with E-state index in [2.05, 4.69) is 18.7 Å². The Bertz CT molecular complexity index is 197. The highest BCUT2D eigenvalue weighted by molar-refractivity contribution is 5.82. The van der Waals surface area contributed by atoms with E-state index in [0.29, 0.717) is 11.9 Å². The van der Waals surface area contributed by atoms with Crippen LogP contribution >= 0.6 is 0 Å². The van der Waals surface area contributed by atoms with Gasteiger partial charge < -0.3 is 5.73 Å². The van der Waals surface area contributed by atoms with Crippen LogP contribution in [-0.4, -0.2) is 29.4 Å². The third-order valence-corrected chi connectivity index (χ3v) is 2.93. The molecule has 0 aromatic carbocycles. The van der Waals surface area contributed by atoms with Crippen LogP contribution in [-0.2, 0) is 0 Å². The maximum atomic E-state index is 7.47. The van der Waals surface area contributed by atoms with Gasteiger partial charge in [-0.05, 0) is 38.6 Å². The molecule has 0 aromatic heterocycles. The van der Waals surface area contributed by atoms with E-state index in [1.807, 2.05) is 6.92 Å². The van der Waals surface area contributed by atoms with Gasteiger partial charge in [-0.3, -0.25) is 10.3 Å². The molecule has 3 N–H and O–H groups in total. The number of nitrogens with one attached hydrogen (secondary N) is 1. The smallest absolute Gasteiger partial charge is 0.108 e. The SMILES string of the molecule is CC(C)CCN(C1CC1)C(C)C(=N)N. The summed E-state index contributed by atoms with van der Waals surface area (Å²) in [5.74, 6) is 1.04. The summed E-state index contributed by atoms with van der Waals surface area (Å²) in [4.78, 5) is 2.39. The first kappa shape index (κ1) is 11.5. The number of nitrogens with zero attached hydrogens (tertiary/aromatic N) is 1. The first-order chi connectivity index (χ1) is 6.52. The van der Waals surface area contributed by atoms with E-state index in [-0.39, 0.29) is 6.04 Å². The van der Waals surface area contributed by atoms with E-state index in [9.17, 15) is 0 Å². The standard InChI is InChI=1S/C11H23N3/c1-8(2)6-7-14(10-4-5-10)9(3)11(12)13/h8-10H,4-7H2,1-3H3,(H3,12,13). The van der Waals surface area contributed by atoms with Gasteiger partial charge in [0, 0.05) is 6.04 Å². The minimum Gasteiger partial charge on any atom is -0.386 e. The second-order valence-electron chi connectivity index (χ2n) is 4.78. The summed E-state index contributed by atoms with van der Waals surface area (Å²) in [6, 6.07) is 0.828. The Hall–Kier alpha value is -0.570. The monoisotopic (exact) mass is 197 g/mol. The first-order valence-corrected chi connectivity index (χ1v) is 5.62. The molecule has 0 heterocycles. The van der Waals surface area contributed by atoms with Crippen LogP contribution in [0.15, 0.2) is 0 Å². The number of amidine groups is 1. The van der Waals surface area contributed by atoms with Gasteiger partial charge in [0.05, 0.1) is 6.04 Å². The summed E-state index contributed by atoms with van der Waals surface area (Å²) in [6.07, 6.45) is 3.78. The summed E-state index contributed by atoms with van der Waals surface area (Å²) in [5.41, 5.74) is 5.55. The highest BCUT2D eigenvalue weighted by Gasteiger charge is 2.32. The van der Waals surface area contributed by atoms with Crippen molar-refractivity contribution >= 4 is 5.84 Å². The molecule has 0 aliphatic heterocycles. The zero-order valence-electron chi connectivity index (χ0n) is 9.59. The Morgan fingerprint density at radius 1 is 1.43 bits per heavy atom. The molecule has 0 aromatic rings. The summed E-state index contributed by atoms with van der Waals surface area (Å²) in [6.45, 7) is 7.61. The molecular weight excluding hydrogens is 174 g/mol. The van der Waals surface area contributed by atoms with Gasteiger partial charge >= 0.3 is 0 Å². The van der Waals surface area contributed by atoms with Gasteiger partial charge in [-0.1, -0.05) is 13.8 Å². The van der Waals surface area contributed by atoms with Gasteiger partial charge in [-0.2, -0.15) is 0 Å². The lowest BCUT2D eigenvalue weighted by Gasteiger charge is -2.28. The maximum Gasteiger partial charge on any atom is 0.108 e. The van der Waals surface area contributed by atoms with Crippen molar-refractivity contribution in [3.05, 3.63) is 0 Å². The highest BCUT2D eigenvalue weighted by Crippen LogP contribution is 2.29. The van der Waals surface area contributed by atoms with Crippen molar-refractivity contribution in [2.45, 2.75) is 52.1 Å².